The zero-order chi connectivity index (χ0) is 17.5. The van der Waals surface area contributed by atoms with Crippen LogP contribution in [0.4, 0.5) is 4.39 Å². The van der Waals surface area contributed by atoms with Gasteiger partial charge in [-0.1, -0.05) is 37.8 Å². The van der Waals surface area contributed by atoms with Crippen LogP contribution in [0.3, 0.4) is 0 Å². The first-order valence-electron chi connectivity index (χ1n) is 9.02. The van der Waals surface area contributed by atoms with Gasteiger partial charge in [0.1, 0.15) is 0 Å². The van der Waals surface area contributed by atoms with Crippen LogP contribution in [0.2, 0.25) is 0 Å². The quantitative estimate of drug-likeness (QED) is 0.419. The van der Waals surface area contributed by atoms with E-state index >= 15 is 4.39 Å². The van der Waals surface area contributed by atoms with Gasteiger partial charge in [-0.15, -0.1) is 11.3 Å². The second-order valence-electron chi connectivity index (χ2n) is 8.79. The minimum atomic E-state index is -1.79. The van der Waals surface area contributed by atoms with Gasteiger partial charge in [0.15, 0.2) is 11.5 Å². The summed E-state index contributed by atoms with van der Waals surface area (Å²) in [7, 11) is 0. The van der Waals surface area contributed by atoms with Crippen molar-refractivity contribution >= 4 is 5.78 Å². The third kappa shape index (κ3) is 1.85. The Kier molecular flexibility index (Phi) is 3.57. The Morgan fingerprint density at radius 3 is 2.68 bits per heavy atom. The van der Waals surface area contributed by atoms with Gasteiger partial charge in [-0.3, -0.25) is 4.79 Å². The molecule has 2 N–H and O–H groups in total. The number of hydrogen-bond donors (Lipinski definition) is 2. The van der Waals surface area contributed by atoms with E-state index in [1.165, 1.54) is 6.08 Å². The molecule has 0 heterocycles. The number of rotatable bonds is 0. The van der Waals surface area contributed by atoms with Gasteiger partial charge in [-0.05, 0) is 44.3 Å². The predicted octanol–water partition coefficient (Wildman–Crippen LogP) is 3.51. The maximum atomic E-state index is 16.6. The molecule has 25 heavy (non-hydrogen) atoms. The maximum Gasteiger partial charge on any atom is 0.178 e. The number of halogens is 1. The number of aliphatic hydroxyl groups excluding tert-OH is 2. The Hall–Kier alpha value is -2.00. The first kappa shape index (κ1) is 17.8. The summed E-state index contributed by atoms with van der Waals surface area (Å²) in [5, 5.41) is 21.5. The summed E-state index contributed by atoms with van der Waals surface area (Å²) >= 11 is 0. The molecule has 0 saturated heterocycles. The van der Waals surface area contributed by atoms with Crippen molar-refractivity contribution in [2.75, 3.05) is 0 Å². The number of allylic oxidation sites excluding steroid dienone is 4. The second kappa shape index (κ2) is 5.01. The molecule has 0 aromatic rings. The average molecular weight is 600 g/mol. The van der Waals surface area contributed by atoms with E-state index in [2.05, 4.69) is 0 Å². The van der Waals surface area contributed by atoms with Gasteiger partial charge >= 0.3 is 0 Å². The van der Waals surface area contributed by atoms with E-state index in [1.807, 2.05) is 20.8 Å². The Morgan fingerprint density at radius 1 is 1.32 bits per heavy atom. The summed E-state index contributed by atoms with van der Waals surface area (Å²) in [6.07, 6.45) is 6.25. The van der Waals surface area contributed by atoms with Crippen LogP contribution >= 0.6 is 0 Å². The Bertz CT molecular complexity index is 661. The van der Waals surface area contributed by atoms with E-state index in [0.717, 1.165) is 12.0 Å². The second-order valence-corrected chi connectivity index (χ2v) is 8.79. The number of aliphatic hydroxyl groups is 2. The molecule has 0 aliphatic heterocycles. The number of alkyl halides is 1. The average Bonchev–Trinajstić information content (AvgIpc) is 2.74. The van der Waals surface area contributed by atoms with Crippen molar-refractivity contribution in [1.29, 1.82) is 0 Å². The third-order valence-electron chi connectivity index (χ3n) is 7.69. The number of hydrogen-bond acceptors (Lipinski definition) is 3. The molecule has 0 bridgehead atoms. The van der Waals surface area contributed by atoms with Crippen LogP contribution in [0.5, 0.6) is 0 Å². The molecule has 134 valence electrons. The molecule has 4 rings (SSSR count). The van der Waals surface area contributed by atoms with Crippen molar-refractivity contribution in [2.45, 2.75) is 58.2 Å². The van der Waals surface area contributed by atoms with Crippen molar-refractivity contribution in [2.24, 2.45) is 28.6 Å². The number of ketones is 1. The molecule has 0 spiro atoms. The predicted molar refractivity (Wildman–Crippen MR) is 88.1 cm³/mol. The van der Waals surface area contributed by atoms with Crippen LogP contribution in [-0.2, 0) is 4.79 Å². The van der Waals surface area contributed by atoms with Crippen molar-refractivity contribution in [3.05, 3.63) is 29.9 Å². The minimum Gasteiger partial charge on any atom is -0.562 e. The van der Waals surface area contributed by atoms with Gasteiger partial charge in [-0.2, -0.15) is 6.10 Å². The van der Waals surface area contributed by atoms with Gasteiger partial charge in [0.2, 0.25) is 0 Å². The smallest absolute Gasteiger partial charge is 0.178 e. The number of fused-ring (bicyclic) bond motifs is 5. The molecule has 4 aliphatic rings. The maximum absolute atomic E-state index is 16.6. The number of carbonyl (C=O) groups is 1. The third-order valence-corrected chi connectivity index (χ3v) is 7.69. The topological polar surface area (TPSA) is 57.5 Å². The summed E-state index contributed by atoms with van der Waals surface area (Å²) in [6.45, 7) is 5.79. The fraction of sp³-hybridized carbons (Fsp3) is 0.700. The van der Waals surface area contributed by atoms with E-state index in [9.17, 15) is 15.0 Å². The molecule has 7 atom stereocenters. The molecule has 4 aliphatic carbocycles. The van der Waals surface area contributed by atoms with Crippen LogP contribution < -0.4 is 0 Å². The van der Waals surface area contributed by atoms with E-state index < -0.39 is 22.6 Å². The molecule has 3 nitrogen and oxygen atoms in total. The largest absolute Gasteiger partial charge is 0.562 e. The zero-order valence-electron chi connectivity index (χ0n) is 15.3. The van der Waals surface area contributed by atoms with Crippen LogP contribution in [0, 0.1) is 34.7 Å². The Balaban J connectivity index is 0.00000182. The summed E-state index contributed by atoms with van der Waals surface area (Å²) in [6, 6.07) is 0. The molecule has 3 fully saturated rings. The normalized spacial score (nSPS) is 51.9. The van der Waals surface area contributed by atoms with Crippen LogP contribution in [0.25, 0.3) is 0 Å². The minimum absolute atomic E-state index is 0. The van der Waals surface area contributed by atoms with Crippen LogP contribution in [0.15, 0.2) is 23.8 Å². The molecule has 3 saturated carbocycles. The van der Waals surface area contributed by atoms with E-state index in [4.69, 9.17) is 0 Å². The molecule has 0 aromatic heterocycles. The van der Waals surface area contributed by atoms with Gasteiger partial charge in [-0.25, -0.2) is 4.39 Å². The molecular weight excluding hydrogens is 574 g/mol. The summed E-state index contributed by atoms with van der Waals surface area (Å²) in [5.41, 5.74) is -2.43. The van der Waals surface area contributed by atoms with Gasteiger partial charge in [0.25, 0.3) is 0 Å². The van der Waals surface area contributed by atoms with Gasteiger partial charge < -0.3 is 10.2 Å². The Labute approximate surface area is 142 Å². The SMILES string of the molecule is C[C@@H]1C[C@H]2[C@@H]3CCC4=CC(=O)C=C[C@]4(C)[C@@]3(F)[C@@H](O)C[C@]2(C)[C-]1O.[Rf]. The van der Waals surface area contributed by atoms with Crippen molar-refractivity contribution in [3.63, 3.8) is 0 Å². The molecular formula is C20H26FO3Rf-. The monoisotopic (exact) mass is 600 g/mol. The fourth-order valence-corrected chi connectivity index (χ4v) is 6.34. The fourth-order valence-electron chi connectivity index (χ4n) is 6.34. The van der Waals surface area contributed by atoms with E-state index in [0.29, 0.717) is 18.9 Å². The molecule has 5 heteroatoms. The van der Waals surface area contributed by atoms with Crippen molar-refractivity contribution in [3.8, 4) is 0 Å². The zero-order valence-corrected chi connectivity index (χ0v) is 21.7. The standard InChI is InChI=1S/C20H26FO3.Rf/c1-11-8-15-14-5-4-12-9-13(22)6-7-19(12,3)20(14,21)16(23)10-18(15,2)17(11)24;/h6-7,9,11,14-16,23-24H,4-5,8,10H2,1-3H3;/q-1;/t11-,14+,15+,16+,18+,19+,20+;/m1./s1. The summed E-state index contributed by atoms with van der Waals surface area (Å²) in [5.74, 6) is -0.327. The first-order chi connectivity index (χ1) is 11.1. The Morgan fingerprint density at radius 2 is 2.00 bits per heavy atom. The van der Waals surface area contributed by atoms with Gasteiger partial charge in [0.05, 0.1) is 6.10 Å². The number of carbonyl (C=O) groups excluding carboxylic acids is 1. The summed E-state index contributed by atoms with van der Waals surface area (Å²) < 4.78 is 16.6. The van der Waals surface area contributed by atoms with Crippen LogP contribution in [-0.4, -0.2) is 27.8 Å². The molecule has 0 unspecified atom stereocenters. The van der Waals surface area contributed by atoms with E-state index in [1.54, 1.807) is 12.2 Å². The molecule has 0 amide bonds. The van der Waals surface area contributed by atoms with Crippen molar-refractivity contribution in [1.82, 2.24) is 0 Å². The van der Waals surface area contributed by atoms with Crippen molar-refractivity contribution < 1.29 is 19.4 Å². The first-order valence-corrected chi connectivity index (χ1v) is 9.02. The van der Waals surface area contributed by atoms with Crippen LogP contribution in [0.1, 0.15) is 46.5 Å². The van der Waals surface area contributed by atoms with E-state index in [-0.39, 0.29) is 30.0 Å². The van der Waals surface area contributed by atoms with Gasteiger partial charge in [0, 0.05) is 5.41 Å². The summed E-state index contributed by atoms with van der Waals surface area (Å²) in [4.78, 5) is 11.7. The molecule has 0 radical (unpaired) electrons. The molecule has 0 aromatic carbocycles.